The molecule has 4 aromatic rings. The number of methoxy groups -OCH3 is 1. The van der Waals surface area contributed by atoms with Gasteiger partial charge in [-0.25, -0.2) is 9.97 Å². The van der Waals surface area contributed by atoms with Crippen LogP contribution in [0.3, 0.4) is 0 Å². The molecule has 3 aromatic heterocycles. The van der Waals surface area contributed by atoms with Crippen molar-refractivity contribution in [2.75, 3.05) is 7.11 Å². The molecule has 6 heteroatoms. The number of rotatable bonds is 2. The lowest BCUT2D eigenvalue weighted by Gasteiger charge is -1.98. The van der Waals surface area contributed by atoms with Gasteiger partial charge in [0.2, 0.25) is 5.88 Å². The monoisotopic (exact) mass is 277 g/mol. The van der Waals surface area contributed by atoms with E-state index < -0.39 is 0 Å². The molecule has 3 heterocycles. The number of nitrogens with one attached hydrogen (secondary N) is 1. The van der Waals surface area contributed by atoms with E-state index in [2.05, 4.69) is 24.9 Å². The topological polar surface area (TPSA) is 76.6 Å². The Hall–Kier alpha value is -3.02. The fourth-order valence-corrected chi connectivity index (χ4v) is 2.18. The molecule has 0 bridgehead atoms. The number of benzene rings is 1. The van der Waals surface area contributed by atoms with Crippen LogP contribution < -0.4 is 4.74 Å². The number of hydrogen-bond donors (Lipinski definition) is 1. The summed E-state index contributed by atoms with van der Waals surface area (Å²) in [5.41, 5.74) is 3.81. The number of H-pyrrole nitrogens is 1. The summed E-state index contributed by atoms with van der Waals surface area (Å²) in [7, 11) is 1.58. The summed E-state index contributed by atoms with van der Waals surface area (Å²) in [6.07, 6.45) is 1.71. The molecular formula is C15H11N5O. The second-order valence-electron chi connectivity index (χ2n) is 4.55. The molecule has 0 unspecified atom stereocenters. The summed E-state index contributed by atoms with van der Waals surface area (Å²) < 4.78 is 5.10. The zero-order chi connectivity index (χ0) is 14.2. The summed E-state index contributed by atoms with van der Waals surface area (Å²) in [5, 5.41) is 0. The van der Waals surface area contributed by atoms with Crippen LogP contribution in [0.15, 0.2) is 42.6 Å². The lowest BCUT2D eigenvalue weighted by molar-refractivity contribution is 0.399. The molecule has 0 aliphatic carbocycles. The quantitative estimate of drug-likeness (QED) is 0.609. The van der Waals surface area contributed by atoms with Gasteiger partial charge in [-0.3, -0.25) is 4.98 Å². The molecule has 102 valence electrons. The number of para-hydroxylation sites is 2. The Morgan fingerprint density at radius 2 is 1.81 bits per heavy atom. The zero-order valence-corrected chi connectivity index (χ0v) is 11.2. The van der Waals surface area contributed by atoms with E-state index in [0.717, 1.165) is 16.6 Å². The van der Waals surface area contributed by atoms with Gasteiger partial charge in [-0.05, 0) is 18.2 Å². The molecule has 0 atom stereocenters. The van der Waals surface area contributed by atoms with Crippen molar-refractivity contribution < 1.29 is 4.74 Å². The van der Waals surface area contributed by atoms with Crippen molar-refractivity contribution in [3.05, 3.63) is 42.6 Å². The largest absolute Gasteiger partial charge is 0.481 e. The summed E-state index contributed by atoms with van der Waals surface area (Å²) in [6.45, 7) is 0. The minimum Gasteiger partial charge on any atom is -0.481 e. The SMILES string of the molecule is COc1ccc2[nH]c(-c3cnc4ccccc4n3)nc2n1. The number of pyridine rings is 1. The molecule has 0 amide bonds. The molecule has 0 aliphatic heterocycles. The van der Waals surface area contributed by atoms with E-state index in [1.165, 1.54) is 0 Å². The van der Waals surface area contributed by atoms with Gasteiger partial charge in [0.25, 0.3) is 0 Å². The van der Waals surface area contributed by atoms with Crippen LogP contribution in [-0.4, -0.2) is 32.0 Å². The van der Waals surface area contributed by atoms with Crippen molar-refractivity contribution in [1.29, 1.82) is 0 Å². The maximum atomic E-state index is 5.10. The van der Waals surface area contributed by atoms with E-state index in [4.69, 9.17) is 4.74 Å². The van der Waals surface area contributed by atoms with Gasteiger partial charge in [0, 0.05) is 6.07 Å². The maximum absolute atomic E-state index is 5.10. The first-order chi connectivity index (χ1) is 10.3. The van der Waals surface area contributed by atoms with Gasteiger partial charge in [-0.1, -0.05) is 12.1 Å². The van der Waals surface area contributed by atoms with Crippen molar-refractivity contribution >= 4 is 22.2 Å². The van der Waals surface area contributed by atoms with E-state index >= 15 is 0 Å². The van der Waals surface area contributed by atoms with Gasteiger partial charge in [0.1, 0.15) is 5.69 Å². The number of hydrogen-bond acceptors (Lipinski definition) is 5. The predicted octanol–water partition coefficient (Wildman–Crippen LogP) is 2.58. The van der Waals surface area contributed by atoms with Gasteiger partial charge in [0.15, 0.2) is 11.5 Å². The highest BCUT2D eigenvalue weighted by Gasteiger charge is 2.09. The third kappa shape index (κ3) is 1.97. The molecular weight excluding hydrogens is 266 g/mol. The van der Waals surface area contributed by atoms with Gasteiger partial charge >= 0.3 is 0 Å². The Morgan fingerprint density at radius 3 is 2.67 bits per heavy atom. The number of nitrogens with zero attached hydrogens (tertiary/aromatic N) is 4. The van der Waals surface area contributed by atoms with Crippen molar-refractivity contribution in [2.45, 2.75) is 0 Å². The molecule has 1 N–H and O–H groups in total. The van der Waals surface area contributed by atoms with Gasteiger partial charge in [-0.15, -0.1) is 0 Å². The third-order valence-corrected chi connectivity index (χ3v) is 3.22. The molecule has 4 rings (SSSR count). The van der Waals surface area contributed by atoms with E-state index in [1.54, 1.807) is 19.4 Å². The number of aromatic amines is 1. The predicted molar refractivity (Wildman–Crippen MR) is 79.0 cm³/mol. The molecule has 1 aromatic carbocycles. The average molecular weight is 277 g/mol. The van der Waals surface area contributed by atoms with Crippen molar-refractivity contribution in [3.8, 4) is 17.4 Å². The van der Waals surface area contributed by atoms with E-state index in [9.17, 15) is 0 Å². The fourth-order valence-electron chi connectivity index (χ4n) is 2.18. The molecule has 0 saturated carbocycles. The number of imidazole rings is 1. The van der Waals surface area contributed by atoms with E-state index in [-0.39, 0.29) is 0 Å². The lowest BCUT2D eigenvalue weighted by atomic mass is 10.3. The Labute approximate surface area is 119 Å². The first-order valence-electron chi connectivity index (χ1n) is 6.46. The minimum absolute atomic E-state index is 0.533. The average Bonchev–Trinajstić information content (AvgIpc) is 2.97. The molecule has 0 radical (unpaired) electrons. The van der Waals surface area contributed by atoms with Crippen LogP contribution in [0.1, 0.15) is 0 Å². The summed E-state index contributed by atoms with van der Waals surface area (Å²) >= 11 is 0. The number of ether oxygens (including phenoxy) is 1. The summed E-state index contributed by atoms with van der Waals surface area (Å²) in [5.74, 6) is 1.18. The fraction of sp³-hybridized carbons (Fsp3) is 0.0667. The summed E-state index contributed by atoms with van der Waals surface area (Å²) in [4.78, 5) is 20.9. The van der Waals surface area contributed by atoms with Crippen LogP contribution in [0, 0.1) is 0 Å². The second kappa shape index (κ2) is 4.52. The van der Waals surface area contributed by atoms with Crippen molar-refractivity contribution in [2.24, 2.45) is 0 Å². The molecule has 0 spiro atoms. The van der Waals surface area contributed by atoms with E-state index in [0.29, 0.717) is 23.0 Å². The Kier molecular flexibility index (Phi) is 2.53. The normalized spacial score (nSPS) is 11.1. The van der Waals surface area contributed by atoms with Crippen molar-refractivity contribution in [1.82, 2.24) is 24.9 Å². The van der Waals surface area contributed by atoms with Crippen LogP contribution in [0.4, 0.5) is 0 Å². The van der Waals surface area contributed by atoms with E-state index in [1.807, 2.05) is 30.3 Å². The number of fused-ring (bicyclic) bond motifs is 2. The van der Waals surface area contributed by atoms with Gasteiger partial charge in [0.05, 0.1) is 29.9 Å². The van der Waals surface area contributed by atoms with Crippen LogP contribution >= 0.6 is 0 Å². The molecule has 0 saturated heterocycles. The first-order valence-corrected chi connectivity index (χ1v) is 6.46. The first kappa shape index (κ1) is 11.8. The minimum atomic E-state index is 0.533. The Balaban J connectivity index is 1.87. The van der Waals surface area contributed by atoms with Crippen LogP contribution in [0.5, 0.6) is 5.88 Å². The van der Waals surface area contributed by atoms with Crippen molar-refractivity contribution in [3.63, 3.8) is 0 Å². The molecule has 21 heavy (non-hydrogen) atoms. The van der Waals surface area contributed by atoms with Crippen LogP contribution in [-0.2, 0) is 0 Å². The third-order valence-electron chi connectivity index (χ3n) is 3.22. The van der Waals surface area contributed by atoms with Crippen LogP contribution in [0.2, 0.25) is 0 Å². The Morgan fingerprint density at radius 1 is 0.952 bits per heavy atom. The highest BCUT2D eigenvalue weighted by Crippen LogP contribution is 2.20. The number of aromatic nitrogens is 5. The van der Waals surface area contributed by atoms with Gasteiger partial charge in [-0.2, -0.15) is 4.98 Å². The smallest absolute Gasteiger partial charge is 0.215 e. The summed E-state index contributed by atoms with van der Waals surface area (Å²) in [6, 6.07) is 11.4. The standard InChI is InChI=1S/C15H11N5O/c1-21-13-7-6-11-14(19-13)20-15(18-11)12-8-16-9-4-2-3-5-10(9)17-12/h2-8H,1H3,(H,18,19,20). The molecule has 6 nitrogen and oxygen atoms in total. The molecule has 0 fully saturated rings. The zero-order valence-electron chi connectivity index (χ0n) is 11.2. The highest BCUT2D eigenvalue weighted by molar-refractivity contribution is 5.79. The molecule has 0 aliphatic rings. The Bertz CT molecular complexity index is 947. The van der Waals surface area contributed by atoms with Gasteiger partial charge < -0.3 is 9.72 Å². The maximum Gasteiger partial charge on any atom is 0.215 e. The van der Waals surface area contributed by atoms with Crippen LogP contribution in [0.25, 0.3) is 33.7 Å². The second-order valence-corrected chi connectivity index (χ2v) is 4.55. The highest BCUT2D eigenvalue weighted by atomic mass is 16.5. The lowest BCUT2D eigenvalue weighted by Crippen LogP contribution is -1.89.